The topological polar surface area (TPSA) is 73.8 Å². The van der Waals surface area contributed by atoms with Crippen molar-refractivity contribution in [2.24, 2.45) is 4.99 Å². The molecule has 0 aliphatic carbocycles. The summed E-state index contributed by atoms with van der Waals surface area (Å²) in [5, 5.41) is 0. The van der Waals surface area contributed by atoms with Gasteiger partial charge in [0.25, 0.3) is 0 Å². The lowest BCUT2D eigenvalue weighted by Crippen LogP contribution is -2.15. The van der Waals surface area contributed by atoms with Crippen molar-refractivity contribution < 1.29 is 14.7 Å². The Hall–Kier alpha value is -2.40. The van der Waals surface area contributed by atoms with Gasteiger partial charge in [0.15, 0.2) is 0 Å². The zero-order valence-corrected chi connectivity index (χ0v) is 10.3. The number of carbonyl (C=O) groups is 1. The monoisotopic (exact) mass is 260 g/mol. The molecule has 0 aliphatic heterocycles. The van der Waals surface area contributed by atoms with E-state index < -0.39 is 0 Å². The minimum absolute atomic E-state index is 0. The van der Waals surface area contributed by atoms with Crippen LogP contribution in [0.25, 0.3) is 0 Å². The number of aliphatic imine (C=N–C) groups is 1. The first kappa shape index (κ1) is 14.7. The van der Waals surface area contributed by atoms with Gasteiger partial charge in [0.05, 0.1) is 0 Å². The zero-order valence-electron chi connectivity index (χ0n) is 10.3. The molecule has 0 radical (unpaired) electrons. The molecule has 0 spiro atoms. The molecule has 0 fully saturated rings. The SMILES string of the molecule is CN=C(C(=O)c1ccncc1)c1ccc(F)cc1.O. The van der Waals surface area contributed by atoms with E-state index in [9.17, 15) is 9.18 Å². The Morgan fingerprint density at radius 3 is 2.16 bits per heavy atom. The highest BCUT2D eigenvalue weighted by Crippen LogP contribution is 2.09. The first-order valence-electron chi connectivity index (χ1n) is 5.40. The Morgan fingerprint density at radius 1 is 1.05 bits per heavy atom. The standard InChI is InChI=1S/C14H11FN2O.H2O/c1-16-13(10-2-4-12(15)5-3-10)14(18)11-6-8-17-9-7-11;/h2-9H,1H3;1H2. The molecule has 1 aromatic carbocycles. The van der Waals surface area contributed by atoms with Crippen molar-refractivity contribution in [1.82, 2.24) is 4.98 Å². The van der Waals surface area contributed by atoms with Crippen molar-refractivity contribution in [1.29, 1.82) is 0 Å². The summed E-state index contributed by atoms with van der Waals surface area (Å²) in [7, 11) is 1.54. The molecule has 0 unspecified atom stereocenters. The Kier molecular flexibility index (Phi) is 5.02. The summed E-state index contributed by atoms with van der Waals surface area (Å²) < 4.78 is 12.8. The van der Waals surface area contributed by atoms with Crippen molar-refractivity contribution in [3.8, 4) is 0 Å². The van der Waals surface area contributed by atoms with Crippen molar-refractivity contribution in [2.45, 2.75) is 0 Å². The van der Waals surface area contributed by atoms with Gasteiger partial charge in [0.2, 0.25) is 5.78 Å². The molecular weight excluding hydrogens is 247 g/mol. The summed E-state index contributed by atoms with van der Waals surface area (Å²) >= 11 is 0. The minimum Gasteiger partial charge on any atom is -0.412 e. The lowest BCUT2D eigenvalue weighted by Gasteiger charge is -2.05. The predicted octanol–water partition coefficient (Wildman–Crippen LogP) is 1.70. The summed E-state index contributed by atoms with van der Waals surface area (Å²) in [6, 6.07) is 8.93. The first-order valence-corrected chi connectivity index (χ1v) is 5.40. The van der Waals surface area contributed by atoms with E-state index in [4.69, 9.17) is 0 Å². The van der Waals surface area contributed by atoms with Gasteiger partial charge < -0.3 is 5.48 Å². The summed E-state index contributed by atoms with van der Waals surface area (Å²) in [5.41, 5.74) is 1.41. The third-order valence-electron chi connectivity index (χ3n) is 2.50. The van der Waals surface area contributed by atoms with Gasteiger partial charge in [-0.1, -0.05) is 0 Å². The van der Waals surface area contributed by atoms with Crippen LogP contribution in [0.2, 0.25) is 0 Å². The van der Waals surface area contributed by atoms with Crippen LogP contribution in [0.3, 0.4) is 0 Å². The number of benzene rings is 1. The first-order chi connectivity index (χ1) is 8.72. The van der Waals surface area contributed by atoms with E-state index in [1.807, 2.05) is 0 Å². The third-order valence-corrected chi connectivity index (χ3v) is 2.50. The number of halogens is 1. The number of Topliss-reactive ketones (excluding diaryl/α,β-unsaturated/α-hetero) is 1. The van der Waals surface area contributed by atoms with E-state index in [1.54, 1.807) is 24.5 Å². The molecule has 0 aliphatic rings. The van der Waals surface area contributed by atoms with Gasteiger partial charge in [-0.15, -0.1) is 0 Å². The summed E-state index contributed by atoms with van der Waals surface area (Å²) in [4.78, 5) is 20.1. The molecule has 98 valence electrons. The van der Waals surface area contributed by atoms with Gasteiger partial charge >= 0.3 is 0 Å². The van der Waals surface area contributed by atoms with Crippen molar-refractivity contribution in [3.05, 3.63) is 65.7 Å². The van der Waals surface area contributed by atoms with Crippen LogP contribution >= 0.6 is 0 Å². The van der Waals surface area contributed by atoms with E-state index in [2.05, 4.69) is 9.98 Å². The third kappa shape index (κ3) is 3.29. The van der Waals surface area contributed by atoms with Crippen LogP contribution in [0.1, 0.15) is 15.9 Å². The predicted molar refractivity (Wildman–Crippen MR) is 71.0 cm³/mol. The highest BCUT2D eigenvalue weighted by Gasteiger charge is 2.15. The quantitative estimate of drug-likeness (QED) is 0.622. The smallest absolute Gasteiger partial charge is 0.211 e. The molecule has 0 bridgehead atoms. The molecule has 0 amide bonds. The second kappa shape index (κ2) is 6.51. The van der Waals surface area contributed by atoms with Crippen LogP contribution in [0.15, 0.2) is 53.8 Å². The molecular formula is C14H13FN2O2. The average Bonchev–Trinajstić information content (AvgIpc) is 2.42. The zero-order chi connectivity index (χ0) is 13.0. The highest BCUT2D eigenvalue weighted by molar-refractivity contribution is 6.51. The second-order valence-electron chi connectivity index (χ2n) is 3.64. The molecule has 1 aromatic heterocycles. The molecule has 2 aromatic rings. The maximum absolute atomic E-state index is 12.8. The summed E-state index contributed by atoms with van der Waals surface area (Å²) in [5.74, 6) is -0.544. The Morgan fingerprint density at radius 2 is 1.63 bits per heavy atom. The Balaban J connectivity index is 0.00000180. The Labute approximate surface area is 110 Å². The van der Waals surface area contributed by atoms with Crippen molar-refractivity contribution in [3.63, 3.8) is 0 Å². The largest absolute Gasteiger partial charge is 0.412 e. The molecule has 2 rings (SSSR count). The Bertz CT molecular complexity index is 580. The van der Waals surface area contributed by atoms with Gasteiger partial charge in [-0.2, -0.15) is 0 Å². The fraction of sp³-hybridized carbons (Fsp3) is 0.0714. The fourth-order valence-corrected chi connectivity index (χ4v) is 1.61. The van der Waals surface area contributed by atoms with Gasteiger partial charge in [0.1, 0.15) is 11.5 Å². The van der Waals surface area contributed by atoms with Crippen molar-refractivity contribution >= 4 is 11.5 Å². The van der Waals surface area contributed by atoms with E-state index in [0.29, 0.717) is 16.8 Å². The maximum atomic E-state index is 12.8. The number of pyridine rings is 1. The summed E-state index contributed by atoms with van der Waals surface area (Å²) in [6.07, 6.45) is 3.09. The highest BCUT2D eigenvalue weighted by atomic mass is 19.1. The van der Waals surface area contributed by atoms with Crippen LogP contribution in [0, 0.1) is 5.82 Å². The van der Waals surface area contributed by atoms with E-state index in [1.165, 1.54) is 31.3 Å². The summed E-state index contributed by atoms with van der Waals surface area (Å²) in [6.45, 7) is 0. The van der Waals surface area contributed by atoms with Crippen LogP contribution in [0.4, 0.5) is 4.39 Å². The molecule has 2 N–H and O–H groups in total. The van der Waals surface area contributed by atoms with E-state index in [-0.39, 0.29) is 17.1 Å². The van der Waals surface area contributed by atoms with Gasteiger partial charge in [-0.05, 0) is 36.4 Å². The number of hydrogen-bond donors (Lipinski definition) is 0. The normalized spacial score (nSPS) is 10.7. The number of carbonyl (C=O) groups excluding carboxylic acids is 1. The number of ketones is 1. The van der Waals surface area contributed by atoms with Gasteiger partial charge in [0, 0.05) is 30.6 Å². The number of nitrogens with zero attached hydrogens (tertiary/aromatic N) is 2. The van der Waals surface area contributed by atoms with Crippen LogP contribution in [0.5, 0.6) is 0 Å². The lowest BCUT2D eigenvalue weighted by atomic mass is 10.0. The second-order valence-corrected chi connectivity index (χ2v) is 3.64. The number of rotatable bonds is 3. The molecule has 4 nitrogen and oxygen atoms in total. The van der Waals surface area contributed by atoms with E-state index >= 15 is 0 Å². The van der Waals surface area contributed by atoms with Crippen molar-refractivity contribution in [2.75, 3.05) is 7.05 Å². The molecule has 19 heavy (non-hydrogen) atoms. The minimum atomic E-state index is -0.342. The lowest BCUT2D eigenvalue weighted by molar-refractivity contribution is 0.106. The molecule has 0 atom stereocenters. The average molecular weight is 260 g/mol. The number of aromatic nitrogens is 1. The van der Waals surface area contributed by atoms with Crippen LogP contribution in [-0.2, 0) is 0 Å². The van der Waals surface area contributed by atoms with Gasteiger partial charge in [-0.25, -0.2) is 4.39 Å². The number of hydrogen-bond acceptors (Lipinski definition) is 3. The molecule has 0 saturated heterocycles. The van der Waals surface area contributed by atoms with Crippen LogP contribution in [-0.4, -0.2) is 29.0 Å². The van der Waals surface area contributed by atoms with Crippen LogP contribution < -0.4 is 0 Å². The van der Waals surface area contributed by atoms with Gasteiger partial charge in [-0.3, -0.25) is 14.8 Å². The van der Waals surface area contributed by atoms with E-state index in [0.717, 1.165) is 0 Å². The molecule has 1 heterocycles. The molecule has 0 saturated carbocycles. The maximum Gasteiger partial charge on any atom is 0.211 e. The molecule has 5 heteroatoms. The fourth-order valence-electron chi connectivity index (χ4n) is 1.61.